The van der Waals surface area contributed by atoms with Crippen LogP contribution in [0.2, 0.25) is 0 Å². The van der Waals surface area contributed by atoms with Crippen molar-refractivity contribution in [1.82, 2.24) is 0 Å². The molecule has 1 atom stereocenters. The van der Waals surface area contributed by atoms with E-state index in [2.05, 4.69) is 5.32 Å². The molecule has 34 heavy (non-hydrogen) atoms. The number of nitrogen functional groups attached to an aromatic ring is 1. The van der Waals surface area contributed by atoms with Gasteiger partial charge in [-0.05, 0) is 54.1 Å². The van der Waals surface area contributed by atoms with E-state index >= 15 is 0 Å². The van der Waals surface area contributed by atoms with Gasteiger partial charge in [0.1, 0.15) is 17.6 Å². The van der Waals surface area contributed by atoms with Gasteiger partial charge in [0.05, 0.1) is 28.2 Å². The van der Waals surface area contributed by atoms with Crippen LogP contribution in [0.15, 0.2) is 76.7 Å². The molecule has 3 aromatic carbocycles. The van der Waals surface area contributed by atoms with Crippen molar-refractivity contribution < 1.29 is 26.8 Å². The number of nitrogens with one attached hydrogen (secondary N) is 1. The molecule has 0 aliphatic carbocycles. The second kappa shape index (κ2) is 7.77. The Labute approximate surface area is 193 Å². The predicted molar refractivity (Wildman–Crippen MR) is 122 cm³/mol. The molecule has 0 saturated heterocycles. The van der Waals surface area contributed by atoms with Crippen LogP contribution >= 0.6 is 0 Å². The highest BCUT2D eigenvalue weighted by atomic mass is 32.2. The number of carbonyl (C=O) groups excluding carboxylic acids is 2. The smallest absolute Gasteiger partial charge is 0.244 e. The fraction of sp³-hybridized carbons (Fsp3) is 0.0833. The van der Waals surface area contributed by atoms with Crippen LogP contribution in [0, 0.1) is 17.6 Å². The van der Waals surface area contributed by atoms with Crippen molar-refractivity contribution in [2.45, 2.75) is 11.4 Å². The Morgan fingerprint density at radius 2 is 1.65 bits per heavy atom. The first-order chi connectivity index (χ1) is 16.1. The number of rotatable bonds is 3. The number of carbonyl (C=O) groups is 2. The zero-order valence-electron chi connectivity index (χ0n) is 17.5. The monoisotopic (exact) mass is 481 g/mol. The maximum atomic E-state index is 14.1. The summed E-state index contributed by atoms with van der Waals surface area (Å²) in [6, 6.07) is 13.1. The fourth-order valence-corrected chi connectivity index (χ4v) is 5.51. The van der Waals surface area contributed by atoms with Crippen LogP contribution in [0.5, 0.6) is 0 Å². The average molecular weight is 481 g/mol. The molecule has 2 aliphatic rings. The van der Waals surface area contributed by atoms with E-state index in [0.717, 1.165) is 17.5 Å². The minimum atomic E-state index is -4.02. The molecular weight excluding hydrogens is 464 g/mol. The van der Waals surface area contributed by atoms with Gasteiger partial charge in [-0.1, -0.05) is 12.1 Å². The second-order valence-corrected chi connectivity index (χ2v) is 9.77. The minimum absolute atomic E-state index is 0.0331. The molecule has 0 radical (unpaired) electrons. The number of nitrogens with two attached hydrogens (primary N) is 1. The lowest BCUT2D eigenvalue weighted by atomic mass is 9.87. The molecule has 2 aliphatic heterocycles. The number of hydrogen-bond acceptors (Lipinski definition) is 6. The van der Waals surface area contributed by atoms with Crippen LogP contribution in [-0.2, 0) is 21.2 Å². The van der Waals surface area contributed by atoms with E-state index < -0.39 is 39.1 Å². The van der Waals surface area contributed by atoms with Crippen molar-refractivity contribution >= 4 is 38.6 Å². The molecule has 2 heterocycles. The van der Waals surface area contributed by atoms with Crippen molar-refractivity contribution in [1.29, 1.82) is 0 Å². The van der Waals surface area contributed by atoms with E-state index in [-0.39, 0.29) is 39.8 Å². The maximum absolute atomic E-state index is 14.1. The number of sulfone groups is 1. The number of Topliss-reactive ketones (excluding diaryl/α,β-unsaturated/α-hetero) is 1. The SMILES string of the molecule is Nc1ccc2c(c1)S(=O)(=O)C=C(C1C(=O)c3cc(F)ccc3N(Cc3ccc(F)cc3)C1=O)N2. The van der Waals surface area contributed by atoms with Crippen molar-refractivity contribution in [3.05, 3.63) is 94.5 Å². The Hall–Kier alpha value is -4.05. The van der Waals surface area contributed by atoms with E-state index in [0.29, 0.717) is 5.56 Å². The molecule has 5 rings (SSSR count). The zero-order valence-corrected chi connectivity index (χ0v) is 18.3. The Bertz CT molecular complexity index is 1500. The number of fused-ring (bicyclic) bond motifs is 2. The highest BCUT2D eigenvalue weighted by Crippen LogP contribution is 2.39. The lowest BCUT2D eigenvalue weighted by Crippen LogP contribution is -2.46. The summed E-state index contributed by atoms with van der Waals surface area (Å²) in [5.74, 6) is -4.11. The van der Waals surface area contributed by atoms with E-state index in [1.54, 1.807) is 0 Å². The third-order valence-electron chi connectivity index (χ3n) is 5.73. The number of amides is 1. The zero-order chi connectivity index (χ0) is 24.2. The molecule has 3 N–H and O–H groups in total. The lowest BCUT2D eigenvalue weighted by Gasteiger charge is -2.35. The molecule has 0 saturated carbocycles. The first-order valence-corrected chi connectivity index (χ1v) is 11.7. The number of ketones is 1. The standard InChI is InChI=1S/C24H17F2N3O4S/c25-14-3-1-13(2-4-14)11-29-20-8-5-15(26)9-17(20)23(30)22(24(29)31)19-12-34(32,33)21-10-16(27)6-7-18(21)28-19/h1-10,12,22,28H,11,27H2. The summed E-state index contributed by atoms with van der Waals surface area (Å²) in [7, 11) is -4.02. The normalized spacial score (nSPS) is 18.6. The maximum Gasteiger partial charge on any atom is 0.244 e. The third kappa shape index (κ3) is 3.61. The van der Waals surface area contributed by atoms with E-state index in [1.807, 2.05) is 0 Å². The molecule has 10 heteroatoms. The Kier molecular flexibility index (Phi) is 4.98. The number of benzene rings is 3. The highest BCUT2D eigenvalue weighted by molar-refractivity contribution is 7.94. The van der Waals surface area contributed by atoms with Gasteiger partial charge in [0.15, 0.2) is 5.78 Å². The van der Waals surface area contributed by atoms with Crippen molar-refractivity contribution in [2.24, 2.45) is 5.92 Å². The fourth-order valence-electron chi connectivity index (χ4n) is 4.13. The van der Waals surface area contributed by atoms with Crippen LogP contribution in [0.1, 0.15) is 15.9 Å². The number of halogens is 2. The van der Waals surface area contributed by atoms with Gasteiger partial charge in [0.2, 0.25) is 15.7 Å². The lowest BCUT2D eigenvalue weighted by molar-refractivity contribution is -0.120. The summed E-state index contributed by atoms with van der Waals surface area (Å²) in [4.78, 5) is 28.1. The van der Waals surface area contributed by atoms with Gasteiger partial charge in [0.25, 0.3) is 0 Å². The Balaban J connectivity index is 1.61. The van der Waals surface area contributed by atoms with E-state index in [9.17, 15) is 26.8 Å². The van der Waals surface area contributed by atoms with Crippen LogP contribution in [0.4, 0.5) is 25.8 Å². The molecule has 0 spiro atoms. The summed E-state index contributed by atoms with van der Waals surface area (Å²) in [6.45, 7) is -0.0331. The largest absolute Gasteiger partial charge is 0.399 e. The molecule has 1 unspecified atom stereocenters. The molecule has 1 amide bonds. The summed E-state index contributed by atoms with van der Waals surface area (Å²) in [6.07, 6.45) is 0. The van der Waals surface area contributed by atoms with Crippen LogP contribution in [0.3, 0.4) is 0 Å². The van der Waals surface area contributed by atoms with E-state index in [4.69, 9.17) is 5.73 Å². The molecule has 0 bridgehead atoms. The molecule has 172 valence electrons. The number of nitrogens with zero attached hydrogens (tertiary/aromatic N) is 1. The van der Waals surface area contributed by atoms with Crippen LogP contribution in [-0.4, -0.2) is 20.1 Å². The number of anilines is 3. The summed E-state index contributed by atoms with van der Waals surface area (Å²) in [5, 5.41) is 3.69. The third-order valence-corrected chi connectivity index (χ3v) is 7.24. The summed E-state index contributed by atoms with van der Waals surface area (Å²) in [5.41, 5.74) is 6.66. The number of hydrogen-bond donors (Lipinski definition) is 2. The topological polar surface area (TPSA) is 110 Å². The van der Waals surface area contributed by atoms with Crippen LogP contribution < -0.4 is 16.0 Å². The average Bonchev–Trinajstić information content (AvgIpc) is 2.78. The van der Waals surface area contributed by atoms with Crippen LogP contribution in [0.25, 0.3) is 0 Å². The summed E-state index contributed by atoms with van der Waals surface area (Å²) >= 11 is 0. The van der Waals surface area contributed by atoms with Crippen molar-refractivity contribution in [3.63, 3.8) is 0 Å². The van der Waals surface area contributed by atoms with E-state index in [1.165, 1.54) is 53.4 Å². The van der Waals surface area contributed by atoms with Gasteiger partial charge < -0.3 is 16.0 Å². The van der Waals surface area contributed by atoms with Gasteiger partial charge >= 0.3 is 0 Å². The molecular formula is C24H17F2N3O4S. The van der Waals surface area contributed by atoms with Gasteiger partial charge in [0, 0.05) is 16.9 Å². The van der Waals surface area contributed by atoms with Crippen molar-refractivity contribution in [2.75, 3.05) is 16.0 Å². The molecule has 3 aromatic rings. The van der Waals surface area contributed by atoms with Gasteiger partial charge in [-0.15, -0.1) is 0 Å². The van der Waals surface area contributed by atoms with Gasteiger partial charge in [-0.3, -0.25) is 9.59 Å². The summed E-state index contributed by atoms with van der Waals surface area (Å²) < 4.78 is 53.2. The second-order valence-electron chi connectivity index (χ2n) is 8.01. The van der Waals surface area contributed by atoms with Gasteiger partial charge in [-0.2, -0.15) is 0 Å². The predicted octanol–water partition coefficient (Wildman–Crippen LogP) is 3.63. The quantitative estimate of drug-likeness (QED) is 0.437. The first kappa shape index (κ1) is 21.8. The minimum Gasteiger partial charge on any atom is -0.399 e. The highest BCUT2D eigenvalue weighted by Gasteiger charge is 2.44. The van der Waals surface area contributed by atoms with Crippen molar-refractivity contribution in [3.8, 4) is 0 Å². The Morgan fingerprint density at radius 1 is 0.941 bits per heavy atom. The molecule has 0 fully saturated rings. The molecule has 7 nitrogen and oxygen atoms in total. The van der Waals surface area contributed by atoms with Gasteiger partial charge in [-0.25, -0.2) is 17.2 Å². The Morgan fingerprint density at radius 3 is 2.38 bits per heavy atom. The molecule has 0 aromatic heterocycles. The first-order valence-electron chi connectivity index (χ1n) is 10.2.